The molecule has 0 amide bonds. The number of oxazole rings is 1. The number of aliphatic carboxylic acids is 1. The lowest BCUT2D eigenvalue weighted by atomic mass is 9.97. The Kier molecular flexibility index (Phi) is 7.06. The van der Waals surface area contributed by atoms with E-state index in [1.807, 2.05) is 0 Å². The number of hydrogen-bond donors (Lipinski definition) is 1. The van der Waals surface area contributed by atoms with Crippen LogP contribution >= 0.6 is 0 Å². The van der Waals surface area contributed by atoms with Crippen LogP contribution in [-0.4, -0.2) is 40.4 Å². The number of hydrogen-bond acceptors (Lipinski definition) is 6. The van der Waals surface area contributed by atoms with E-state index in [-0.39, 0.29) is 18.9 Å². The first-order valence-corrected chi connectivity index (χ1v) is 10.0. The maximum atomic E-state index is 12.7. The predicted octanol–water partition coefficient (Wildman–Crippen LogP) is 4.72. The van der Waals surface area contributed by atoms with Crippen LogP contribution in [-0.2, 0) is 28.5 Å². The first-order valence-electron chi connectivity index (χ1n) is 10.0. The number of benzene rings is 1. The minimum absolute atomic E-state index is 0.150. The average Bonchev–Trinajstić information content (AvgIpc) is 3.14. The van der Waals surface area contributed by atoms with Gasteiger partial charge in [0.1, 0.15) is 5.76 Å². The summed E-state index contributed by atoms with van der Waals surface area (Å²) >= 11 is 0. The van der Waals surface area contributed by atoms with Crippen molar-refractivity contribution in [3.63, 3.8) is 0 Å². The maximum Gasteiger partial charge on any atom is 0.416 e. The predicted molar refractivity (Wildman–Crippen MR) is 112 cm³/mol. The summed E-state index contributed by atoms with van der Waals surface area (Å²) in [5.41, 5.74) is -0.336. The SMILES string of the molecule is COC(C)(Cc1ccc(OCCc2nc(-c3ccc(C(F)(F)F)cc3)oc2C)nc1)C(=O)O. The molecule has 1 atom stereocenters. The lowest BCUT2D eigenvalue weighted by molar-refractivity contribution is -0.159. The van der Waals surface area contributed by atoms with Crippen molar-refractivity contribution in [1.82, 2.24) is 9.97 Å². The highest BCUT2D eigenvalue weighted by Crippen LogP contribution is 2.31. The number of carboxylic acids is 1. The van der Waals surface area contributed by atoms with Crippen molar-refractivity contribution in [3.05, 3.63) is 65.2 Å². The van der Waals surface area contributed by atoms with Gasteiger partial charge in [-0.1, -0.05) is 6.07 Å². The van der Waals surface area contributed by atoms with Crippen LogP contribution in [0.2, 0.25) is 0 Å². The molecule has 176 valence electrons. The Morgan fingerprint density at radius 1 is 1.15 bits per heavy atom. The van der Waals surface area contributed by atoms with E-state index in [2.05, 4.69) is 9.97 Å². The molecule has 3 rings (SSSR count). The largest absolute Gasteiger partial charge is 0.479 e. The smallest absolute Gasteiger partial charge is 0.416 e. The van der Waals surface area contributed by atoms with Gasteiger partial charge in [0, 0.05) is 37.8 Å². The summed E-state index contributed by atoms with van der Waals surface area (Å²) in [4.78, 5) is 19.9. The second-order valence-electron chi connectivity index (χ2n) is 7.62. The summed E-state index contributed by atoms with van der Waals surface area (Å²) in [5, 5.41) is 9.29. The van der Waals surface area contributed by atoms with Gasteiger partial charge in [-0.3, -0.25) is 0 Å². The quantitative estimate of drug-likeness (QED) is 0.490. The number of aryl methyl sites for hydroxylation is 1. The van der Waals surface area contributed by atoms with E-state index in [0.29, 0.717) is 34.9 Å². The average molecular weight is 464 g/mol. The van der Waals surface area contributed by atoms with Crippen molar-refractivity contribution in [2.75, 3.05) is 13.7 Å². The van der Waals surface area contributed by atoms with E-state index in [4.69, 9.17) is 13.9 Å². The Labute approximate surface area is 188 Å². The van der Waals surface area contributed by atoms with E-state index in [0.717, 1.165) is 12.1 Å². The van der Waals surface area contributed by atoms with Crippen LogP contribution in [0.5, 0.6) is 5.88 Å². The molecule has 0 fully saturated rings. The number of alkyl halides is 3. The Morgan fingerprint density at radius 2 is 1.85 bits per heavy atom. The third-order valence-corrected chi connectivity index (χ3v) is 5.18. The van der Waals surface area contributed by atoms with Gasteiger partial charge in [-0.15, -0.1) is 0 Å². The Balaban J connectivity index is 1.58. The number of carboxylic acid groups (broad SMARTS) is 1. The number of pyridine rings is 1. The summed E-state index contributed by atoms with van der Waals surface area (Å²) in [6.07, 6.45) is -2.32. The van der Waals surface area contributed by atoms with Gasteiger partial charge in [0.25, 0.3) is 0 Å². The minimum atomic E-state index is -4.40. The number of carbonyl (C=O) groups is 1. The van der Waals surface area contributed by atoms with Crippen molar-refractivity contribution < 1.29 is 37.0 Å². The second-order valence-corrected chi connectivity index (χ2v) is 7.62. The fourth-order valence-electron chi connectivity index (χ4n) is 3.06. The number of rotatable bonds is 9. The van der Waals surface area contributed by atoms with Crippen LogP contribution in [0.4, 0.5) is 13.2 Å². The first-order chi connectivity index (χ1) is 15.5. The highest BCUT2D eigenvalue weighted by Gasteiger charge is 2.33. The van der Waals surface area contributed by atoms with Crippen molar-refractivity contribution in [1.29, 1.82) is 0 Å². The molecule has 0 bridgehead atoms. The lowest BCUT2D eigenvalue weighted by Gasteiger charge is -2.22. The van der Waals surface area contributed by atoms with Crippen molar-refractivity contribution in [2.24, 2.45) is 0 Å². The number of halogens is 3. The minimum Gasteiger partial charge on any atom is -0.479 e. The molecule has 3 aromatic rings. The van der Waals surface area contributed by atoms with E-state index >= 15 is 0 Å². The highest BCUT2D eigenvalue weighted by molar-refractivity contribution is 5.77. The molecule has 1 aromatic carbocycles. The molecule has 0 spiro atoms. The zero-order valence-corrected chi connectivity index (χ0v) is 18.3. The molecule has 33 heavy (non-hydrogen) atoms. The summed E-state index contributed by atoms with van der Waals surface area (Å²) in [6, 6.07) is 7.96. The fourth-order valence-corrected chi connectivity index (χ4v) is 3.06. The molecule has 0 radical (unpaired) electrons. The van der Waals surface area contributed by atoms with Crippen molar-refractivity contribution in [3.8, 4) is 17.3 Å². The summed E-state index contributed by atoms with van der Waals surface area (Å²) < 4.78 is 54.5. The zero-order valence-electron chi connectivity index (χ0n) is 18.3. The van der Waals surface area contributed by atoms with E-state index in [1.54, 1.807) is 19.1 Å². The Hall–Kier alpha value is -3.40. The van der Waals surface area contributed by atoms with Crippen molar-refractivity contribution in [2.45, 2.75) is 38.5 Å². The molecule has 7 nitrogen and oxygen atoms in total. The molecule has 0 aliphatic heterocycles. The van der Waals surface area contributed by atoms with Gasteiger partial charge in [0.15, 0.2) is 5.60 Å². The molecule has 1 unspecified atom stereocenters. The topological polar surface area (TPSA) is 94.7 Å². The van der Waals surface area contributed by atoms with Gasteiger partial charge in [-0.25, -0.2) is 14.8 Å². The maximum absolute atomic E-state index is 12.7. The monoisotopic (exact) mass is 464 g/mol. The van der Waals surface area contributed by atoms with Crippen LogP contribution in [0.3, 0.4) is 0 Å². The number of ether oxygens (including phenoxy) is 2. The molecular formula is C23H23F3N2O5. The van der Waals surface area contributed by atoms with E-state index in [1.165, 1.54) is 32.4 Å². The summed E-state index contributed by atoms with van der Waals surface area (Å²) in [7, 11) is 1.34. The Bertz CT molecular complexity index is 1090. The van der Waals surface area contributed by atoms with Gasteiger partial charge < -0.3 is 19.0 Å². The summed E-state index contributed by atoms with van der Waals surface area (Å²) in [5.74, 6) is 0.0731. The third kappa shape index (κ3) is 5.89. The van der Waals surface area contributed by atoms with Crippen LogP contribution < -0.4 is 4.74 Å². The van der Waals surface area contributed by atoms with E-state index < -0.39 is 23.3 Å². The summed E-state index contributed by atoms with van der Waals surface area (Å²) in [6.45, 7) is 3.45. The lowest BCUT2D eigenvalue weighted by Crippen LogP contribution is -2.39. The van der Waals surface area contributed by atoms with Crippen LogP contribution in [0.1, 0.15) is 29.5 Å². The molecule has 0 aliphatic rings. The Morgan fingerprint density at radius 3 is 2.39 bits per heavy atom. The van der Waals surface area contributed by atoms with Gasteiger partial charge in [-0.05, 0) is 43.7 Å². The van der Waals surface area contributed by atoms with Gasteiger partial charge in [0.05, 0.1) is 17.9 Å². The van der Waals surface area contributed by atoms with Crippen LogP contribution in [0.25, 0.3) is 11.5 Å². The van der Waals surface area contributed by atoms with Gasteiger partial charge in [0.2, 0.25) is 11.8 Å². The third-order valence-electron chi connectivity index (χ3n) is 5.18. The highest BCUT2D eigenvalue weighted by atomic mass is 19.4. The van der Waals surface area contributed by atoms with Crippen LogP contribution in [0, 0.1) is 6.92 Å². The zero-order chi connectivity index (χ0) is 24.2. The number of nitrogens with zero attached hydrogens (tertiary/aromatic N) is 2. The fraction of sp³-hybridized carbons (Fsp3) is 0.348. The normalized spacial score (nSPS) is 13.5. The molecule has 0 aliphatic carbocycles. The van der Waals surface area contributed by atoms with Crippen molar-refractivity contribution >= 4 is 5.97 Å². The molecule has 2 heterocycles. The molecule has 0 saturated carbocycles. The van der Waals surface area contributed by atoms with Crippen LogP contribution in [0.15, 0.2) is 47.0 Å². The van der Waals surface area contributed by atoms with Gasteiger partial charge in [-0.2, -0.15) is 13.2 Å². The standard InChI is InChI=1S/C23H23F3N2O5/c1-14-18(28-20(33-14)16-5-7-17(8-6-16)23(24,25)26)10-11-32-19-9-4-15(13-27-19)12-22(2,31-3)21(29)30/h4-9,13H,10-12H2,1-3H3,(H,29,30). The molecule has 1 N–H and O–H groups in total. The molecule has 10 heteroatoms. The number of aromatic nitrogens is 2. The molecular weight excluding hydrogens is 441 g/mol. The molecule has 0 saturated heterocycles. The number of methoxy groups -OCH3 is 1. The second kappa shape index (κ2) is 9.62. The van der Waals surface area contributed by atoms with Gasteiger partial charge >= 0.3 is 12.1 Å². The first kappa shape index (κ1) is 24.2. The van der Waals surface area contributed by atoms with E-state index in [9.17, 15) is 23.1 Å². The molecule has 2 aromatic heterocycles.